The monoisotopic (exact) mass is 214 g/mol. The highest BCUT2D eigenvalue weighted by molar-refractivity contribution is 5.49. The maximum Gasteiger partial charge on any atom is 0.157 e. The van der Waals surface area contributed by atoms with Crippen molar-refractivity contribution in [3.8, 4) is 0 Å². The number of hydrogen-bond acceptors (Lipinski definition) is 3. The van der Waals surface area contributed by atoms with Crippen molar-refractivity contribution >= 4 is 6.29 Å². The number of aldehydes is 1. The van der Waals surface area contributed by atoms with Gasteiger partial charge in [-0.3, -0.25) is 0 Å². The van der Waals surface area contributed by atoms with Crippen LogP contribution in [0.1, 0.15) is 46.0 Å². The number of carbonyl (C=O) groups is 1. The maximum absolute atomic E-state index is 10.3. The minimum atomic E-state index is -0.0165. The molecule has 0 aromatic rings. The topological polar surface area (TPSA) is 35.5 Å². The van der Waals surface area contributed by atoms with Gasteiger partial charge in [0.25, 0.3) is 0 Å². The second-order valence-corrected chi connectivity index (χ2v) is 4.49. The van der Waals surface area contributed by atoms with Crippen molar-refractivity contribution in [1.29, 1.82) is 0 Å². The van der Waals surface area contributed by atoms with Crippen LogP contribution in [0, 0.1) is 5.92 Å². The molecule has 1 heterocycles. The van der Waals surface area contributed by atoms with E-state index in [1.165, 1.54) is 6.42 Å². The van der Waals surface area contributed by atoms with Crippen LogP contribution in [0.4, 0.5) is 0 Å². The van der Waals surface area contributed by atoms with Crippen LogP contribution in [-0.4, -0.2) is 25.3 Å². The molecule has 0 spiro atoms. The normalized spacial score (nSPS) is 25.9. The van der Waals surface area contributed by atoms with Crippen molar-refractivity contribution in [3.63, 3.8) is 0 Å². The summed E-state index contributed by atoms with van der Waals surface area (Å²) in [6.07, 6.45) is 6.05. The molecule has 1 aliphatic rings. The Hall–Kier alpha value is -0.410. The van der Waals surface area contributed by atoms with Crippen LogP contribution in [0.2, 0.25) is 0 Å². The molecule has 15 heavy (non-hydrogen) atoms. The van der Waals surface area contributed by atoms with Crippen LogP contribution in [0.5, 0.6) is 0 Å². The first kappa shape index (κ1) is 12.7. The zero-order valence-electron chi connectivity index (χ0n) is 9.78. The Morgan fingerprint density at radius 2 is 2.27 bits per heavy atom. The van der Waals surface area contributed by atoms with E-state index < -0.39 is 0 Å². The van der Waals surface area contributed by atoms with Crippen LogP contribution in [-0.2, 0) is 14.3 Å². The molecule has 1 saturated heterocycles. The van der Waals surface area contributed by atoms with Crippen LogP contribution < -0.4 is 0 Å². The first-order valence-electron chi connectivity index (χ1n) is 5.93. The van der Waals surface area contributed by atoms with E-state index in [-0.39, 0.29) is 12.4 Å². The van der Waals surface area contributed by atoms with E-state index in [0.29, 0.717) is 12.3 Å². The molecule has 3 heteroatoms. The highest BCUT2D eigenvalue weighted by Crippen LogP contribution is 2.18. The summed E-state index contributed by atoms with van der Waals surface area (Å²) in [5, 5.41) is 0. The van der Waals surface area contributed by atoms with Crippen LogP contribution >= 0.6 is 0 Å². The predicted molar refractivity (Wildman–Crippen MR) is 58.6 cm³/mol. The third-order valence-corrected chi connectivity index (χ3v) is 2.75. The molecule has 0 bridgehead atoms. The van der Waals surface area contributed by atoms with Gasteiger partial charge in [-0.25, -0.2) is 0 Å². The number of rotatable bonds is 6. The summed E-state index contributed by atoms with van der Waals surface area (Å²) < 4.78 is 11.3. The summed E-state index contributed by atoms with van der Waals surface area (Å²) in [5.74, 6) is 0.404. The largest absolute Gasteiger partial charge is 0.353 e. The Labute approximate surface area is 92.1 Å². The summed E-state index contributed by atoms with van der Waals surface area (Å²) in [6, 6.07) is 0. The van der Waals surface area contributed by atoms with Gasteiger partial charge in [0, 0.05) is 13.0 Å². The molecule has 0 aliphatic carbocycles. The molecular weight excluding hydrogens is 192 g/mol. The Morgan fingerprint density at radius 1 is 1.47 bits per heavy atom. The molecular formula is C12H22O3. The fourth-order valence-corrected chi connectivity index (χ4v) is 1.96. The highest BCUT2D eigenvalue weighted by Gasteiger charge is 2.18. The molecule has 0 radical (unpaired) electrons. The molecule has 0 amide bonds. The van der Waals surface area contributed by atoms with Crippen LogP contribution in [0.25, 0.3) is 0 Å². The molecule has 1 fully saturated rings. The van der Waals surface area contributed by atoms with Gasteiger partial charge < -0.3 is 14.3 Å². The lowest BCUT2D eigenvalue weighted by atomic mass is 10.0. The smallest absolute Gasteiger partial charge is 0.157 e. The lowest BCUT2D eigenvalue weighted by Crippen LogP contribution is -2.27. The lowest BCUT2D eigenvalue weighted by molar-refractivity contribution is -0.187. The first-order valence-corrected chi connectivity index (χ1v) is 5.93. The first-order chi connectivity index (χ1) is 7.22. The number of carbonyl (C=O) groups excluding carboxylic acids is 1. The maximum atomic E-state index is 10.3. The van der Waals surface area contributed by atoms with Crippen molar-refractivity contribution in [2.75, 3.05) is 6.61 Å². The summed E-state index contributed by atoms with van der Waals surface area (Å²) >= 11 is 0. The minimum Gasteiger partial charge on any atom is -0.353 e. The second-order valence-electron chi connectivity index (χ2n) is 4.49. The zero-order chi connectivity index (χ0) is 11.1. The van der Waals surface area contributed by atoms with Crippen molar-refractivity contribution in [1.82, 2.24) is 0 Å². The van der Waals surface area contributed by atoms with Gasteiger partial charge in [0.1, 0.15) is 6.29 Å². The molecule has 1 aliphatic heterocycles. The van der Waals surface area contributed by atoms with E-state index in [1.54, 1.807) is 0 Å². The Kier molecular flexibility index (Phi) is 5.88. The van der Waals surface area contributed by atoms with Crippen molar-refractivity contribution in [3.05, 3.63) is 0 Å². The van der Waals surface area contributed by atoms with Gasteiger partial charge in [-0.05, 0) is 38.5 Å². The van der Waals surface area contributed by atoms with E-state index >= 15 is 0 Å². The summed E-state index contributed by atoms with van der Waals surface area (Å²) in [4.78, 5) is 10.3. The quantitative estimate of drug-likeness (QED) is 0.637. The molecule has 3 nitrogen and oxygen atoms in total. The fraction of sp³-hybridized carbons (Fsp3) is 0.917. The predicted octanol–water partition coefficient (Wildman–Crippen LogP) is 2.53. The molecule has 0 aromatic heterocycles. The fourth-order valence-electron chi connectivity index (χ4n) is 1.96. The Balaban J connectivity index is 2.16. The van der Waals surface area contributed by atoms with Gasteiger partial charge in [0.2, 0.25) is 0 Å². The summed E-state index contributed by atoms with van der Waals surface area (Å²) in [6.45, 7) is 4.95. The number of ether oxygens (including phenoxy) is 2. The van der Waals surface area contributed by atoms with E-state index in [0.717, 1.165) is 32.2 Å². The summed E-state index contributed by atoms with van der Waals surface area (Å²) in [5.41, 5.74) is 0. The molecule has 3 atom stereocenters. The van der Waals surface area contributed by atoms with Crippen LogP contribution in [0.15, 0.2) is 0 Å². The SMILES string of the molecule is CC(CC=O)C[C@H](C)OC1CCCCO1. The molecule has 2 unspecified atom stereocenters. The van der Waals surface area contributed by atoms with E-state index in [4.69, 9.17) is 9.47 Å². The average Bonchev–Trinajstić information content (AvgIpc) is 2.19. The van der Waals surface area contributed by atoms with Gasteiger partial charge in [-0.1, -0.05) is 6.92 Å². The van der Waals surface area contributed by atoms with E-state index in [9.17, 15) is 4.79 Å². The molecule has 0 N–H and O–H groups in total. The molecule has 88 valence electrons. The lowest BCUT2D eigenvalue weighted by Gasteiger charge is -2.27. The molecule has 0 aromatic carbocycles. The van der Waals surface area contributed by atoms with Gasteiger partial charge in [0.15, 0.2) is 6.29 Å². The van der Waals surface area contributed by atoms with Gasteiger partial charge in [0.05, 0.1) is 6.10 Å². The van der Waals surface area contributed by atoms with Crippen LogP contribution in [0.3, 0.4) is 0 Å². The summed E-state index contributed by atoms with van der Waals surface area (Å²) in [7, 11) is 0. The van der Waals surface area contributed by atoms with Crippen molar-refractivity contribution in [2.24, 2.45) is 5.92 Å². The van der Waals surface area contributed by atoms with Crippen molar-refractivity contribution in [2.45, 2.75) is 58.3 Å². The third kappa shape index (κ3) is 5.28. The van der Waals surface area contributed by atoms with E-state index in [1.807, 2.05) is 0 Å². The van der Waals surface area contributed by atoms with Crippen molar-refractivity contribution < 1.29 is 14.3 Å². The molecule has 0 saturated carbocycles. The average molecular weight is 214 g/mol. The third-order valence-electron chi connectivity index (χ3n) is 2.75. The minimum absolute atomic E-state index is 0.0165. The van der Waals surface area contributed by atoms with E-state index in [2.05, 4.69) is 13.8 Å². The van der Waals surface area contributed by atoms with Gasteiger partial charge in [-0.2, -0.15) is 0 Å². The Bertz CT molecular complexity index is 176. The van der Waals surface area contributed by atoms with Gasteiger partial charge in [-0.15, -0.1) is 0 Å². The zero-order valence-corrected chi connectivity index (χ0v) is 9.78. The molecule has 1 rings (SSSR count). The highest BCUT2D eigenvalue weighted by atomic mass is 16.7. The number of hydrogen-bond donors (Lipinski definition) is 0. The standard InChI is InChI=1S/C12H22O3/c1-10(6-7-13)9-11(2)15-12-5-3-4-8-14-12/h7,10-12H,3-6,8-9H2,1-2H3/t10?,11-,12?/m0/s1. The Morgan fingerprint density at radius 3 is 2.87 bits per heavy atom. The second kappa shape index (κ2) is 6.96. The van der Waals surface area contributed by atoms with Gasteiger partial charge >= 0.3 is 0 Å².